The molecule has 0 radical (unpaired) electrons. The molecule has 0 saturated carbocycles. The number of hydrogen-bond acceptors (Lipinski definition) is 3. The van der Waals surface area contributed by atoms with Crippen LogP contribution in [0.5, 0.6) is 0 Å². The maximum atomic E-state index is 2.70. The Hall–Kier alpha value is -7.50. The molecular formula is C73H75BN4. The molecule has 3 aliphatic heterocycles. The SMILES string of the molecule is Cc1cc2c3c(c1)N1c4c(cc(C(C)(C)C)cc4-n4c5ccc(C(C)(C)C)cc5c5cc(C(C)(C)C)cc1c54)B3c1ccc(N(c3ccc(C(C)(C)C)cc3)c3ccc(C(C)(C)C)cc3)cc1N2c1ccc2ccccc2c1. The molecule has 13 rings (SSSR count). The highest BCUT2D eigenvalue weighted by Crippen LogP contribution is 2.55. The number of nitrogens with zero attached hydrogens (tertiary/aromatic N) is 4. The first-order valence-electron chi connectivity index (χ1n) is 28.4. The molecule has 0 aliphatic carbocycles. The second kappa shape index (κ2) is 16.8. The Morgan fingerprint density at radius 3 is 1.50 bits per heavy atom. The second-order valence-corrected chi connectivity index (χ2v) is 28.2. The fraction of sp³-hybridized carbons (Fsp3) is 0.288. The van der Waals surface area contributed by atoms with Gasteiger partial charge >= 0.3 is 0 Å². The van der Waals surface area contributed by atoms with Gasteiger partial charge in [-0.25, -0.2) is 0 Å². The Morgan fingerprint density at radius 2 is 0.897 bits per heavy atom. The zero-order valence-corrected chi connectivity index (χ0v) is 49.0. The van der Waals surface area contributed by atoms with Crippen LogP contribution in [-0.4, -0.2) is 11.3 Å². The minimum Gasteiger partial charge on any atom is -0.311 e. The van der Waals surface area contributed by atoms with Crippen LogP contribution in [0.15, 0.2) is 164 Å². The Balaban J connectivity index is 1.14. The molecule has 0 spiro atoms. The summed E-state index contributed by atoms with van der Waals surface area (Å²) in [6.07, 6.45) is 0. The fourth-order valence-corrected chi connectivity index (χ4v) is 12.9. The van der Waals surface area contributed by atoms with Gasteiger partial charge < -0.3 is 19.3 Å². The molecule has 9 aromatic carbocycles. The van der Waals surface area contributed by atoms with E-state index in [1.54, 1.807) is 0 Å². The topological polar surface area (TPSA) is 14.7 Å². The Bertz CT molecular complexity index is 4060. The molecule has 0 saturated heterocycles. The van der Waals surface area contributed by atoms with Crippen molar-refractivity contribution in [2.45, 2.75) is 138 Å². The number of anilines is 9. The normalized spacial score (nSPS) is 14.1. The number of fused-ring (bicyclic) bond motifs is 10. The van der Waals surface area contributed by atoms with Crippen LogP contribution < -0.4 is 31.1 Å². The van der Waals surface area contributed by atoms with E-state index in [1.807, 2.05) is 0 Å². The molecule has 5 heteroatoms. The Morgan fingerprint density at radius 1 is 0.372 bits per heavy atom. The van der Waals surface area contributed by atoms with Gasteiger partial charge in [-0.1, -0.05) is 177 Å². The zero-order chi connectivity index (χ0) is 54.9. The molecule has 0 atom stereocenters. The number of benzene rings is 9. The zero-order valence-electron chi connectivity index (χ0n) is 49.0. The third kappa shape index (κ3) is 7.77. The molecule has 0 amide bonds. The van der Waals surface area contributed by atoms with Gasteiger partial charge in [-0.15, -0.1) is 0 Å². The molecule has 0 bridgehead atoms. The number of aromatic nitrogens is 1. The summed E-state index contributed by atoms with van der Waals surface area (Å²) >= 11 is 0. The summed E-state index contributed by atoms with van der Waals surface area (Å²) in [5, 5.41) is 5.09. The number of hydrogen-bond donors (Lipinski definition) is 0. The summed E-state index contributed by atoms with van der Waals surface area (Å²) in [5.41, 5.74) is 26.2. The van der Waals surface area contributed by atoms with Crippen LogP contribution in [0.1, 0.15) is 137 Å². The predicted molar refractivity (Wildman–Crippen MR) is 339 cm³/mol. The van der Waals surface area contributed by atoms with Crippen LogP contribution in [0.25, 0.3) is 38.3 Å². The number of aryl methyl sites for hydroxylation is 1. The van der Waals surface area contributed by atoms with Gasteiger partial charge in [0.1, 0.15) is 0 Å². The smallest absolute Gasteiger partial charge is 0.252 e. The summed E-state index contributed by atoms with van der Waals surface area (Å²) in [6, 6.07) is 64.2. The highest BCUT2D eigenvalue weighted by molar-refractivity contribution is 7.00. The minimum atomic E-state index is -0.130. The van der Waals surface area contributed by atoms with E-state index in [2.05, 4.69) is 294 Å². The largest absolute Gasteiger partial charge is 0.311 e. The van der Waals surface area contributed by atoms with Crippen molar-refractivity contribution in [2.24, 2.45) is 0 Å². The van der Waals surface area contributed by atoms with Crippen LogP contribution in [-0.2, 0) is 27.1 Å². The average Bonchev–Trinajstić information content (AvgIpc) is 2.36. The van der Waals surface area contributed by atoms with Crippen LogP contribution in [0.2, 0.25) is 0 Å². The molecule has 4 heterocycles. The monoisotopic (exact) mass is 1020 g/mol. The first kappa shape index (κ1) is 50.0. The van der Waals surface area contributed by atoms with Gasteiger partial charge in [0.15, 0.2) is 0 Å². The molecule has 0 N–H and O–H groups in total. The average molecular weight is 1020 g/mol. The van der Waals surface area contributed by atoms with Crippen molar-refractivity contribution in [2.75, 3.05) is 14.7 Å². The molecule has 0 fully saturated rings. The lowest BCUT2D eigenvalue weighted by atomic mass is 9.33. The highest BCUT2D eigenvalue weighted by atomic mass is 15.2. The minimum absolute atomic E-state index is 0.00297. The van der Waals surface area contributed by atoms with Gasteiger partial charge in [-0.05, 0) is 186 Å². The second-order valence-electron chi connectivity index (χ2n) is 28.2. The summed E-state index contributed by atoms with van der Waals surface area (Å²) in [4.78, 5) is 7.77. The molecule has 390 valence electrons. The third-order valence-corrected chi connectivity index (χ3v) is 17.4. The molecule has 1 aromatic heterocycles. The summed E-state index contributed by atoms with van der Waals surface area (Å²) in [7, 11) is 0. The van der Waals surface area contributed by atoms with Gasteiger partial charge in [0.05, 0.1) is 28.1 Å². The van der Waals surface area contributed by atoms with Crippen LogP contribution in [0.3, 0.4) is 0 Å². The molecule has 4 nitrogen and oxygen atoms in total. The fourth-order valence-electron chi connectivity index (χ4n) is 12.9. The molecule has 78 heavy (non-hydrogen) atoms. The van der Waals surface area contributed by atoms with E-state index in [1.165, 1.54) is 116 Å². The van der Waals surface area contributed by atoms with Crippen LogP contribution in [0.4, 0.5) is 51.2 Å². The van der Waals surface area contributed by atoms with Crippen LogP contribution in [0, 0.1) is 6.92 Å². The van der Waals surface area contributed by atoms with Crippen molar-refractivity contribution in [1.82, 2.24) is 4.57 Å². The highest BCUT2D eigenvalue weighted by Gasteiger charge is 2.47. The van der Waals surface area contributed by atoms with E-state index in [9.17, 15) is 0 Å². The van der Waals surface area contributed by atoms with E-state index >= 15 is 0 Å². The first-order valence-corrected chi connectivity index (χ1v) is 28.4. The van der Waals surface area contributed by atoms with E-state index < -0.39 is 0 Å². The molecule has 10 aromatic rings. The lowest BCUT2D eigenvalue weighted by molar-refractivity contribution is 0.590. The quantitative estimate of drug-likeness (QED) is 0.163. The summed E-state index contributed by atoms with van der Waals surface area (Å²) < 4.78 is 2.65. The Labute approximate surface area is 464 Å². The van der Waals surface area contributed by atoms with Crippen molar-refractivity contribution in [3.05, 3.63) is 197 Å². The lowest BCUT2D eigenvalue weighted by Crippen LogP contribution is -2.62. The van der Waals surface area contributed by atoms with Crippen molar-refractivity contribution in [1.29, 1.82) is 0 Å². The molecular weight excluding hydrogens is 944 g/mol. The van der Waals surface area contributed by atoms with Crippen LogP contribution >= 0.6 is 0 Å². The van der Waals surface area contributed by atoms with Gasteiger partial charge in [-0.2, -0.15) is 0 Å². The van der Waals surface area contributed by atoms with Gasteiger partial charge in [-0.3, -0.25) is 0 Å². The molecule has 3 aliphatic rings. The van der Waals surface area contributed by atoms with E-state index in [4.69, 9.17) is 0 Å². The summed E-state index contributed by atoms with van der Waals surface area (Å²) in [6.45, 7) is 37.3. The van der Waals surface area contributed by atoms with Gasteiger partial charge in [0, 0.05) is 50.6 Å². The number of rotatable bonds is 4. The van der Waals surface area contributed by atoms with E-state index in [-0.39, 0.29) is 33.8 Å². The molecule has 0 unspecified atom stereocenters. The van der Waals surface area contributed by atoms with E-state index in [0.717, 1.165) is 22.7 Å². The van der Waals surface area contributed by atoms with Gasteiger partial charge in [0.2, 0.25) is 0 Å². The predicted octanol–water partition coefficient (Wildman–Crippen LogP) is 18.6. The lowest BCUT2D eigenvalue weighted by Gasteiger charge is -2.47. The third-order valence-electron chi connectivity index (χ3n) is 17.4. The standard InChI is InChI=1S/C73H75BN4/c1-44-35-62-66-63(36-44)78-64-41-50(72(11,12)13)39-57-56-38-49(71(8,9)10)26-34-60(56)77(67(57)64)65-42-51(73(14,15)16)40-59(68(65)78)74(66)58-33-32-55(43-61(58)76(62)54-27-21-45-19-17-18-20-46(45)37-54)75(52-28-22-47(23-29-52)69(2,3)4)53-30-24-48(25-31-53)70(5,6)7/h17-43H,1-16H3. The van der Waals surface area contributed by atoms with E-state index in [0.29, 0.717) is 0 Å². The maximum absolute atomic E-state index is 2.70. The van der Waals surface area contributed by atoms with Gasteiger partial charge in [0.25, 0.3) is 6.71 Å². The maximum Gasteiger partial charge on any atom is 0.252 e. The van der Waals surface area contributed by atoms with Crippen molar-refractivity contribution in [3.8, 4) is 5.69 Å². The van der Waals surface area contributed by atoms with Crippen molar-refractivity contribution >= 4 is 107 Å². The van der Waals surface area contributed by atoms with Crippen molar-refractivity contribution in [3.63, 3.8) is 0 Å². The summed E-state index contributed by atoms with van der Waals surface area (Å²) in [5.74, 6) is 0. The van der Waals surface area contributed by atoms with Crippen molar-refractivity contribution < 1.29 is 0 Å². The Kier molecular flexibility index (Phi) is 10.8. The first-order chi connectivity index (χ1) is 36.7.